The third-order valence-corrected chi connectivity index (χ3v) is 3.51. The van der Waals surface area contributed by atoms with Crippen LogP contribution in [0.3, 0.4) is 0 Å². The van der Waals surface area contributed by atoms with Crippen LogP contribution in [0.1, 0.15) is 35.7 Å². The van der Waals surface area contributed by atoms with Crippen molar-refractivity contribution < 1.29 is 9.90 Å². The van der Waals surface area contributed by atoms with Crippen molar-refractivity contribution in [3.05, 3.63) is 34.3 Å². The summed E-state index contributed by atoms with van der Waals surface area (Å²) in [6.07, 6.45) is 1.66. The highest BCUT2D eigenvalue weighted by Gasteiger charge is 2.10. The monoisotopic (exact) mass is 269 g/mol. The normalized spacial score (nSPS) is 12.2. The first-order valence-electron chi connectivity index (χ1n) is 6.23. The van der Waals surface area contributed by atoms with Crippen LogP contribution in [0.4, 0.5) is 0 Å². The number of aryl methyl sites for hydroxylation is 1. The van der Waals surface area contributed by atoms with Gasteiger partial charge in [0.05, 0.1) is 0 Å². The lowest BCUT2D eigenvalue weighted by molar-refractivity contribution is 0.0943. The Morgan fingerprint density at radius 2 is 2.22 bits per heavy atom. The summed E-state index contributed by atoms with van der Waals surface area (Å²) in [7, 11) is 0. The van der Waals surface area contributed by atoms with E-state index < -0.39 is 0 Å². The van der Waals surface area contributed by atoms with Gasteiger partial charge in [-0.2, -0.15) is 0 Å². The van der Waals surface area contributed by atoms with Gasteiger partial charge in [0.25, 0.3) is 5.91 Å². The highest BCUT2D eigenvalue weighted by atomic mass is 35.5. The Balaban J connectivity index is 2.57. The maximum atomic E-state index is 11.9. The molecular weight excluding hydrogens is 250 g/mol. The lowest BCUT2D eigenvalue weighted by atomic mass is 10.0. The highest BCUT2D eigenvalue weighted by Crippen LogP contribution is 2.16. The number of hydrogen-bond donors (Lipinski definition) is 2. The van der Waals surface area contributed by atoms with Crippen molar-refractivity contribution in [2.24, 2.45) is 5.92 Å². The molecule has 3 nitrogen and oxygen atoms in total. The first-order chi connectivity index (χ1) is 8.58. The van der Waals surface area contributed by atoms with E-state index in [4.69, 9.17) is 16.7 Å². The second-order valence-electron chi connectivity index (χ2n) is 4.46. The molecule has 1 aromatic rings. The maximum Gasteiger partial charge on any atom is 0.251 e. The van der Waals surface area contributed by atoms with Gasteiger partial charge in [-0.15, -0.1) is 0 Å². The van der Waals surface area contributed by atoms with Crippen molar-refractivity contribution in [1.29, 1.82) is 0 Å². The van der Waals surface area contributed by atoms with Crippen LogP contribution in [0.5, 0.6) is 0 Å². The van der Waals surface area contributed by atoms with Crippen LogP contribution in [0.25, 0.3) is 0 Å². The molecule has 0 aliphatic carbocycles. The molecule has 100 valence electrons. The standard InChI is InChI=1S/C14H20ClNO2/c1-3-11(6-7-17)9-16-14(18)12-4-5-13(15)10(2)8-12/h4-5,8,11,17H,3,6-7,9H2,1-2H3,(H,16,18). The van der Waals surface area contributed by atoms with Gasteiger partial charge in [0.1, 0.15) is 0 Å². The molecule has 2 N–H and O–H groups in total. The van der Waals surface area contributed by atoms with E-state index in [0.717, 1.165) is 18.4 Å². The van der Waals surface area contributed by atoms with Gasteiger partial charge in [0.15, 0.2) is 0 Å². The number of aliphatic hydroxyl groups is 1. The zero-order valence-electron chi connectivity index (χ0n) is 10.9. The van der Waals surface area contributed by atoms with Crippen LogP contribution in [0, 0.1) is 12.8 Å². The second-order valence-corrected chi connectivity index (χ2v) is 4.87. The zero-order chi connectivity index (χ0) is 13.5. The molecule has 1 rings (SSSR count). The van der Waals surface area contributed by atoms with Crippen LogP contribution in [-0.2, 0) is 0 Å². The number of carbonyl (C=O) groups is 1. The van der Waals surface area contributed by atoms with Crippen LogP contribution >= 0.6 is 11.6 Å². The molecule has 1 aromatic carbocycles. The quantitative estimate of drug-likeness (QED) is 0.834. The number of rotatable bonds is 6. The Labute approximate surface area is 113 Å². The summed E-state index contributed by atoms with van der Waals surface area (Å²) >= 11 is 5.92. The third-order valence-electron chi connectivity index (χ3n) is 3.09. The van der Waals surface area contributed by atoms with Gasteiger partial charge in [0.2, 0.25) is 0 Å². The minimum Gasteiger partial charge on any atom is -0.396 e. The van der Waals surface area contributed by atoms with E-state index in [-0.39, 0.29) is 12.5 Å². The van der Waals surface area contributed by atoms with Gasteiger partial charge in [-0.25, -0.2) is 0 Å². The Morgan fingerprint density at radius 3 is 2.78 bits per heavy atom. The molecule has 0 radical (unpaired) electrons. The van der Waals surface area contributed by atoms with Gasteiger partial charge in [-0.1, -0.05) is 24.9 Å². The lowest BCUT2D eigenvalue weighted by Crippen LogP contribution is -2.29. The van der Waals surface area contributed by atoms with E-state index in [1.54, 1.807) is 18.2 Å². The number of benzene rings is 1. The van der Waals surface area contributed by atoms with E-state index in [9.17, 15) is 4.79 Å². The molecule has 0 spiro atoms. The minimum absolute atomic E-state index is 0.0915. The molecule has 1 amide bonds. The fraction of sp³-hybridized carbons (Fsp3) is 0.500. The fourth-order valence-corrected chi connectivity index (χ4v) is 1.88. The molecule has 0 aliphatic rings. The van der Waals surface area contributed by atoms with Crippen molar-refractivity contribution >= 4 is 17.5 Å². The summed E-state index contributed by atoms with van der Waals surface area (Å²) in [6, 6.07) is 5.24. The van der Waals surface area contributed by atoms with E-state index in [1.807, 2.05) is 6.92 Å². The Hall–Kier alpha value is -1.06. The van der Waals surface area contributed by atoms with Gasteiger partial charge >= 0.3 is 0 Å². The maximum absolute atomic E-state index is 11.9. The Morgan fingerprint density at radius 1 is 1.50 bits per heavy atom. The van der Waals surface area contributed by atoms with E-state index in [1.165, 1.54) is 0 Å². The zero-order valence-corrected chi connectivity index (χ0v) is 11.6. The summed E-state index contributed by atoms with van der Waals surface area (Å²) in [5.41, 5.74) is 1.52. The number of carbonyl (C=O) groups excluding carboxylic acids is 1. The molecular formula is C14H20ClNO2. The summed E-state index contributed by atoms with van der Waals surface area (Å²) in [4.78, 5) is 11.9. The molecule has 0 aromatic heterocycles. The Kier molecular flexibility index (Phi) is 6.16. The van der Waals surface area contributed by atoms with E-state index in [0.29, 0.717) is 23.0 Å². The number of nitrogens with one attached hydrogen (secondary N) is 1. The predicted molar refractivity (Wildman–Crippen MR) is 74.0 cm³/mol. The van der Waals surface area contributed by atoms with E-state index >= 15 is 0 Å². The van der Waals surface area contributed by atoms with Crippen LogP contribution < -0.4 is 5.32 Å². The molecule has 4 heteroatoms. The number of aliphatic hydroxyl groups excluding tert-OH is 1. The first kappa shape index (κ1) is 15.0. The molecule has 0 bridgehead atoms. The molecule has 1 atom stereocenters. The smallest absolute Gasteiger partial charge is 0.251 e. The van der Waals surface area contributed by atoms with Crippen molar-refractivity contribution in [1.82, 2.24) is 5.32 Å². The summed E-state index contributed by atoms with van der Waals surface area (Å²) in [5.74, 6) is 0.235. The largest absolute Gasteiger partial charge is 0.396 e. The number of halogens is 1. The van der Waals surface area contributed by atoms with Crippen molar-refractivity contribution in [3.63, 3.8) is 0 Å². The minimum atomic E-state index is -0.0915. The van der Waals surface area contributed by atoms with Gasteiger partial charge < -0.3 is 10.4 Å². The molecule has 0 aliphatic heterocycles. The average molecular weight is 270 g/mol. The van der Waals surface area contributed by atoms with Gasteiger partial charge in [0, 0.05) is 23.7 Å². The topological polar surface area (TPSA) is 49.3 Å². The summed E-state index contributed by atoms with van der Waals surface area (Å²) in [5, 5.41) is 12.4. The number of hydrogen-bond acceptors (Lipinski definition) is 2. The van der Waals surface area contributed by atoms with Crippen molar-refractivity contribution in [2.75, 3.05) is 13.2 Å². The molecule has 0 fully saturated rings. The molecule has 0 saturated carbocycles. The molecule has 1 unspecified atom stereocenters. The SMILES string of the molecule is CCC(CCO)CNC(=O)c1ccc(Cl)c(C)c1. The molecule has 0 heterocycles. The average Bonchev–Trinajstić information content (AvgIpc) is 2.37. The van der Waals surface area contributed by atoms with Crippen molar-refractivity contribution in [3.8, 4) is 0 Å². The summed E-state index contributed by atoms with van der Waals surface area (Å²) in [6.45, 7) is 4.69. The van der Waals surface area contributed by atoms with Gasteiger partial charge in [-0.3, -0.25) is 4.79 Å². The van der Waals surface area contributed by atoms with Crippen molar-refractivity contribution in [2.45, 2.75) is 26.7 Å². The fourth-order valence-electron chi connectivity index (χ4n) is 1.76. The highest BCUT2D eigenvalue weighted by molar-refractivity contribution is 6.31. The van der Waals surface area contributed by atoms with Crippen LogP contribution in [0.2, 0.25) is 5.02 Å². The number of amides is 1. The van der Waals surface area contributed by atoms with E-state index in [2.05, 4.69) is 12.2 Å². The molecule has 0 saturated heterocycles. The van der Waals surface area contributed by atoms with Crippen LogP contribution in [-0.4, -0.2) is 24.2 Å². The lowest BCUT2D eigenvalue weighted by Gasteiger charge is -2.14. The second kappa shape index (κ2) is 7.39. The Bertz CT molecular complexity index is 407. The molecule has 18 heavy (non-hydrogen) atoms. The third kappa shape index (κ3) is 4.31. The summed E-state index contributed by atoms with van der Waals surface area (Å²) < 4.78 is 0. The van der Waals surface area contributed by atoms with Crippen LogP contribution in [0.15, 0.2) is 18.2 Å². The van der Waals surface area contributed by atoms with Gasteiger partial charge in [-0.05, 0) is 43.0 Å². The first-order valence-corrected chi connectivity index (χ1v) is 6.61. The predicted octanol–water partition coefficient (Wildman–Crippen LogP) is 2.79.